The minimum Gasteiger partial charge on any atom is -0.494 e. The number of hydrogen-bond acceptors (Lipinski definition) is 3. The molecule has 0 aliphatic heterocycles. The van der Waals surface area contributed by atoms with Crippen LogP contribution >= 0.6 is 0 Å². The number of methoxy groups -OCH3 is 1. The molecule has 0 aliphatic carbocycles. The largest absolute Gasteiger partial charge is 0.494 e. The summed E-state index contributed by atoms with van der Waals surface area (Å²) >= 11 is 0. The summed E-state index contributed by atoms with van der Waals surface area (Å²) < 4.78 is 20.3. The SMILES string of the molecule is COc1ccc(C(O)Cc2ccn(C(C)C)n2)cc1F. The summed E-state index contributed by atoms with van der Waals surface area (Å²) in [5.74, 6) is -0.304. The number of aromatic nitrogens is 2. The van der Waals surface area contributed by atoms with E-state index >= 15 is 0 Å². The molecule has 1 aromatic heterocycles. The molecule has 0 radical (unpaired) electrons. The van der Waals surface area contributed by atoms with Gasteiger partial charge in [0.25, 0.3) is 0 Å². The molecule has 5 heteroatoms. The standard InChI is InChI=1S/C15H19FN2O2/c1-10(2)18-7-6-12(17-18)9-14(19)11-4-5-15(20-3)13(16)8-11/h4-8,10,14,19H,9H2,1-3H3. The molecule has 2 aromatic rings. The van der Waals surface area contributed by atoms with Gasteiger partial charge in [-0.15, -0.1) is 0 Å². The lowest BCUT2D eigenvalue weighted by Crippen LogP contribution is -2.06. The van der Waals surface area contributed by atoms with Crippen LogP contribution < -0.4 is 4.74 Å². The lowest BCUT2D eigenvalue weighted by atomic mass is 10.0. The summed E-state index contributed by atoms with van der Waals surface area (Å²) in [5.41, 5.74) is 1.30. The van der Waals surface area contributed by atoms with E-state index in [0.29, 0.717) is 12.0 Å². The number of nitrogens with zero attached hydrogens (tertiary/aromatic N) is 2. The highest BCUT2D eigenvalue weighted by Crippen LogP contribution is 2.23. The van der Waals surface area contributed by atoms with Crippen LogP contribution in [0.4, 0.5) is 4.39 Å². The Bertz CT molecular complexity index is 581. The molecule has 1 heterocycles. The molecular weight excluding hydrogens is 259 g/mol. The lowest BCUT2D eigenvalue weighted by molar-refractivity contribution is 0.176. The zero-order valence-electron chi connectivity index (χ0n) is 11.9. The third kappa shape index (κ3) is 3.17. The Hall–Kier alpha value is -1.88. The van der Waals surface area contributed by atoms with E-state index in [0.717, 1.165) is 5.69 Å². The molecule has 1 atom stereocenters. The van der Waals surface area contributed by atoms with Gasteiger partial charge in [-0.05, 0) is 37.6 Å². The summed E-state index contributed by atoms with van der Waals surface area (Å²) in [7, 11) is 1.41. The molecular formula is C15H19FN2O2. The third-order valence-electron chi connectivity index (χ3n) is 3.16. The smallest absolute Gasteiger partial charge is 0.165 e. The summed E-state index contributed by atoms with van der Waals surface area (Å²) in [6.45, 7) is 4.07. The van der Waals surface area contributed by atoms with E-state index in [1.807, 2.05) is 30.8 Å². The monoisotopic (exact) mass is 278 g/mol. The first kappa shape index (κ1) is 14.5. The molecule has 0 spiro atoms. The first-order chi connectivity index (χ1) is 9.51. The molecule has 4 nitrogen and oxygen atoms in total. The van der Waals surface area contributed by atoms with E-state index < -0.39 is 11.9 Å². The normalized spacial score (nSPS) is 12.7. The highest BCUT2D eigenvalue weighted by molar-refractivity contribution is 5.30. The minimum absolute atomic E-state index is 0.171. The lowest BCUT2D eigenvalue weighted by Gasteiger charge is -2.11. The van der Waals surface area contributed by atoms with Gasteiger partial charge in [0.15, 0.2) is 11.6 Å². The van der Waals surface area contributed by atoms with E-state index in [9.17, 15) is 9.50 Å². The van der Waals surface area contributed by atoms with Crippen molar-refractivity contribution in [3.8, 4) is 5.75 Å². The van der Waals surface area contributed by atoms with E-state index in [1.54, 1.807) is 6.07 Å². The van der Waals surface area contributed by atoms with Gasteiger partial charge < -0.3 is 9.84 Å². The Balaban J connectivity index is 2.10. The maximum absolute atomic E-state index is 13.6. The summed E-state index contributed by atoms with van der Waals surface area (Å²) in [6, 6.07) is 6.61. The van der Waals surface area contributed by atoms with Gasteiger partial charge in [-0.25, -0.2) is 4.39 Å². The van der Waals surface area contributed by atoms with Crippen molar-refractivity contribution in [2.45, 2.75) is 32.4 Å². The van der Waals surface area contributed by atoms with Crippen molar-refractivity contribution in [3.05, 3.63) is 47.5 Å². The zero-order valence-corrected chi connectivity index (χ0v) is 11.9. The van der Waals surface area contributed by atoms with Crippen molar-refractivity contribution in [2.24, 2.45) is 0 Å². The van der Waals surface area contributed by atoms with E-state index in [4.69, 9.17) is 4.74 Å². The number of rotatable bonds is 5. The number of aliphatic hydroxyl groups is 1. The first-order valence-corrected chi connectivity index (χ1v) is 6.56. The highest BCUT2D eigenvalue weighted by Gasteiger charge is 2.13. The molecule has 0 saturated heterocycles. The molecule has 0 saturated carbocycles. The second-order valence-electron chi connectivity index (χ2n) is 4.99. The number of ether oxygens (including phenoxy) is 1. The van der Waals surface area contributed by atoms with Gasteiger partial charge in [0.1, 0.15) is 0 Å². The quantitative estimate of drug-likeness (QED) is 0.914. The fourth-order valence-corrected chi connectivity index (χ4v) is 1.98. The van der Waals surface area contributed by atoms with Crippen molar-refractivity contribution < 1.29 is 14.2 Å². The van der Waals surface area contributed by atoms with Crippen LogP contribution in [0.3, 0.4) is 0 Å². The molecule has 1 N–H and O–H groups in total. The molecule has 0 bridgehead atoms. The number of benzene rings is 1. The topological polar surface area (TPSA) is 47.3 Å². The van der Waals surface area contributed by atoms with E-state index in [2.05, 4.69) is 5.10 Å². The number of halogens is 1. The summed E-state index contributed by atoms with van der Waals surface area (Å²) in [4.78, 5) is 0. The van der Waals surface area contributed by atoms with Crippen LogP contribution in [0.2, 0.25) is 0 Å². The van der Waals surface area contributed by atoms with Crippen molar-refractivity contribution in [1.29, 1.82) is 0 Å². The van der Waals surface area contributed by atoms with Crippen LogP contribution in [0.25, 0.3) is 0 Å². The van der Waals surface area contributed by atoms with Crippen molar-refractivity contribution >= 4 is 0 Å². The summed E-state index contributed by atoms with van der Waals surface area (Å²) in [6.07, 6.45) is 1.44. The second kappa shape index (κ2) is 6.05. The van der Waals surface area contributed by atoms with Crippen molar-refractivity contribution in [3.63, 3.8) is 0 Å². The van der Waals surface area contributed by atoms with Gasteiger partial charge in [0.2, 0.25) is 0 Å². The van der Waals surface area contributed by atoms with E-state index in [-0.39, 0.29) is 11.8 Å². The van der Waals surface area contributed by atoms with Gasteiger partial charge in [0, 0.05) is 18.7 Å². The molecule has 20 heavy (non-hydrogen) atoms. The second-order valence-corrected chi connectivity index (χ2v) is 4.99. The zero-order chi connectivity index (χ0) is 14.7. The van der Waals surface area contributed by atoms with Crippen LogP contribution in [0.15, 0.2) is 30.5 Å². The Morgan fingerprint density at radius 2 is 2.10 bits per heavy atom. The van der Waals surface area contributed by atoms with Gasteiger partial charge in [-0.2, -0.15) is 5.10 Å². The molecule has 1 aromatic carbocycles. The fourth-order valence-electron chi connectivity index (χ4n) is 1.98. The Labute approximate surface area is 117 Å². The van der Waals surface area contributed by atoms with Gasteiger partial charge in [-0.3, -0.25) is 4.68 Å². The average Bonchev–Trinajstić information content (AvgIpc) is 2.87. The van der Waals surface area contributed by atoms with Gasteiger partial charge in [0.05, 0.1) is 18.9 Å². The van der Waals surface area contributed by atoms with Crippen LogP contribution in [0.1, 0.15) is 37.3 Å². The molecule has 108 valence electrons. The molecule has 2 rings (SSSR count). The predicted molar refractivity (Wildman–Crippen MR) is 74.2 cm³/mol. The first-order valence-electron chi connectivity index (χ1n) is 6.56. The van der Waals surface area contributed by atoms with Crippen LogP contribution in [-0.4, -0.2) is 22.0 Å². The van der Waals surface area contributed by atoms with Crippen LogP contribution in [-0.2, 0) is 6.42 Å². The van der Waals surface area contributed by atoms with Gasteiger partial charge >= 0.3 is 0 Å². The van der Waals surface area contributed by atoms with Crippen LogP contribution in [0, 0.1) is 5.82 Å². The Kier molecular flexibility index (Phi) is 4.39. The Morgan fingerprint density at radius 3 is 2.65 bits per heavy atom. The number of hydrogen-bond donors (Lipinski definition) is 1. The molecule has 0 amide bonds. The maximum Gasteiger partial charge on any atom is 0.165 e. The summed E-state index contributed by atoms with van der Waals surface area (Å²) in [5, 5.41) is 14.5. The van der Waals surface area contributed by atoms with Gasteiger partial charge in [-0.1, -0.05) is 6.07 Å². The van der Waals surface area contributed by atoms with Crippen molar-refractivity contribution in [2.75, 3.05) is 7.11 Å². The Morgan fingerprint density at radius 1 is 1.35 bits per heavy atom. The van der Waals surface area contributed by atoms with Crippen molar-refractivity contribution in [1.82, 2.24) is 9.78 Å². The predicted octanol–water partition coefficient (Wildman–Crippen LogP) is 2.89. The maximum atomic E-state index is 13.6. The number of aliphatic hydroxyl groups excluding tert-OH is 1. The molecule has 0 fully saturated rings. The minimum atomic E-state index is -0.786. The average molecular weight is 278 g/mol. The molecule has 0 aliphatic rings. The third-order valence-corrected chi connectivity index (χ3v) is 3.16. The van der Waals surface area contributed by atoms with E-state index in [1.165, 1.54) is 19.2 Å². The fraction of sp³-hybridized carbons (Fsp3) is 0.400. The van der Waals surface area contributed by atoms with Crippen LogP contribution in [0.5, 0.6) is 5.75 Å². The highest BCUT2D eigenvalue weighted by atomic mass is 19.1. The molecule has 1 unspecified atom stereocenters.